The van der Waals surface area contributed by atoms with Gasteiger partial charge in [0, 0.05) is 11.1 Å². The standard InChI is InChI=1S/C13H14N2O2/c1-8-5-9(6-13(14)16)11-7-10(17-2)3-4-12(11)15-8/h3-5,7H,6H2,1-2H3,(H2,14,16). The highest BCUT2D eigenvalue weighted by molar-refractivity contribution is 5.88. The van der Waals surface area contributed by atoms with Crippen molar-refractivity contribution in [2.45, 2.75) is 13.3 Å². The van der Waals surface area contributed by atoms with Crippen LogP contribution in [0.3, 0.4) is 0 Å². The number of amides is 1. The third-order valence-electron chi connectivity index (χ3n) is 2.59. The molecule has 4 heteroatoms. The van der Waals surface area contributed by atoms with Gasteiger partial charge in [-0.15, -0.1) is 0 Å². The summed E-state index contributed by atoms with van der Waals surface area (Å²) < 4.78 is 5.17. The molecule has 0 radical (unpaired) electrons. The number of methoxy groups -OCH3 is 1. The van der Waals surface area contributed by atoms with Gasteiger partial charge in [0.15, 0.2) is 0 Å². The lowest BCUT2D eigenvalue weighted by molar-refractivity contribution is -0.117. The SMILES string of the molecule is COc1ccc2nc(C)cc(CC(N)=O)c2c1. The molecule has 0 aliphatic carbocycles. The second-order valence-corrected chi connectivity index (χ2v) is 3.95. The van der Waals surface area contributed by atoms with Gasteiger partial charge in [0.2, 0.25) is 5.91 Å². The van der Waals surface area contributed by atoms with Gasteiger partial charge in [-0.2, -0.15) is 0 Å². The fraction of sp³-hybridized carbons (Fsp3) is 0.231. The first-order valence-electron chi connectivity index (χ1n) is 5.32. The third kappa shape index (κ3) is 2.36. The Labute approximate surface area is 99.4 Å². The summed E-state index contributed by atoms with van der Waals surface area (Å²) in [4.78, 5) is 15.5. The minimum Gasteiger partial charge on any atom is -0.497 e. The van der Waals surface area contributed by atoms with Crippen LogP contribution in [0.25, 0.3) is 10.9 Å². The highest BCUT2D eigenvalue weighted by Gasteiger charge is 2.07. The zero-order chi connectivity index (χ0) is 12.4. The lowest BCUT2D eigenvalue weighted by Crippen LogP contribution is -2.14. The monoisotopic (exact) mass is 230 g/mol. The molecule has 0 bridgehead atoms. The number of aryl methyl sites for hydroxylation is 1. The van der Waals surface area contributed by atoms with Crippen LogP contribution < -0.4 is 10.5 Å². The van der Waals surface area contributed by atoms with Gasteiger partial charge in [0.05, 0.1) is 19.0 Å². The van der Waals surface area contributed by atoms with Crippen molar-refractivity contribution in [2.24, 2.45) is 5.73 Å². The molecule has 0 aliphatic heterocycles. The predicted molar refractivity (Wildman–Crippen MR) is 65.9 cm³/mol. The molecule has 0 fully saturated rings. The average molecular weight is 230 g/mol. The van der Waals surface area contributed by atoms with E-state index in [0.29, 0.717) is 0 Å². The quantitative estimate of drug-likeness (QED) is 0.870. The number of benzene rings is 1. The normalized spacial score (nSPS) is 10.5. The van der Waals surface area contributed by atoms with Gasteiger partial charge >= 0.3 is 0 Å². The van der Waals surface area contributed by atoms with Gasteiger partial charge in [-0.05, 0) is 36.8 Å². The smallest absolute Gasteiger partial charge is 0.221 e. The molecule has 2 aromatic rings. The topological polar surface area (TPSA) is 65.2 Å². The van der Waals surface area contributed by atoms with E-state index in [-0.39, 0.29) is 12.3 Å². The summed E-state index contributed by atoms with van der Waals surface area (Å²) in [7, 11) is 1.61. The molecule has 1 amide bonds. The zero-order valence-electron chi connectivity index (χ0n) is 9.86. The number of rotatable bonds is 3. The molecule has 0 atom stereocenters. The molecule has 0 aliphatic rings. The van der Waals surface area contributed by atoms with Crippen LogP contribution in [0.5, 0.6) is 5.75 Å². The molecule has 0 unspecified atom stereocenters. The van der Waals surface area contributed by atoms with Gasteiger partial charge in [-0.25, -0.2) is 0 Å². The van der Waals surface area contributed by atoms with Crippen LogP contribution in [0.2, 0.25) is 0 Å². The van der Waals surface area contributed by atoms with Crippen LogP contribution in [-0.2, 0) is 11.2 Å². The molecule has 2 N–H and O–H groups in total. The van der Waals surface area contributed by atoms with Crippen molar-refractivity contribution in [3.8, 4) is 5.75 Å². The zero-order valence-corrected chi connectivity index (χ0v) is 9.86. The average Bonchev–Trinajstić information content (AvgIpc) is 2.27. The minimum absolute atomic E-state index is 0.215. The lowest BCUT2D eigenvalue weighted by atomic mass is 10.0. The summed E-state index contributed by atoms with van der Waals surface area (Å²) in [6.07, 6.45) is 0.215. The van der Waals surface area contributed by atoms with Gasteiger partial charge < -0.3 is 10.5 Å². The Kier molecular flexibility index (Phi) is 2.95. The first-order valence-corrected chi connectivity index (χ1v) is 5.32. The van der Waals surface area contributed by atoms with Crippen molar-refractivity contribution in [3.05, 3.63) is 35.5 Å². The van der Waals surface area contributed by atoms with Crippen LogP contribution >= 0.6 is 0 Å². The summed E-state index contributed by atoms with van der Waals surface area (Å²) in [5.41, 5.74) is 7.86. The van der Waals surface area contributed by atoms with E-state index < -0.39 is 0 Å². The van der Waals surface area contributed by atoms with Crippen molar-refractivity contribution in [3.63, 3.8) is 0 Å². The number of carbonyl (C=O) groups is 1. The van der Waals surface area contributed by atoms with Crippen LogP contribution in [0, 0.1) is 6.92 Å². The molecule has 0 spiro atoms. The summed E-state index contributed by atoms with van der Waals surface area (Å²) in [6.45, 7) is 1.90. The Hall–Kier alpha value is -2.10. The van der Waals surface area contributed by atoms with Crippen molar-refractivity contribution >= 4 is 16.8 Å². The van der Waals surface area contributed by atoms with E-state index >= 15 is 0 Å². The number of pyridine rings is 1. The Morgan fingerprint density at radius 2 is 2.18 bits per heavy atom. The number of ether oxygens (including phenoxy) is 1. The highest BCUT2D eigenvalue weighted by Crippen LogP contribution is 2.23. The molecule has 1 heterocycles. The maximum Gasteiger partial charge on any atom is 0.221 e. The van der Waals surface area contributed by atoms with Gasteiger partial charge in [0.25, 0.3) is 0 Å². The predicted octanol–water partition coefficient (Wildman–Crippen LogP) is 1.58. The third-order valence-corrected chi connectivity index (χ3v) is 2.59. The number of hydrogen-bond acceptors (Lipinski definition) is 3. The Bertz CT molecular complexity index is 579. The number of carbonyl (C=O) groups excluding carboxylic acids is 1. The minimum atomic E-state index is -0.347. The summed E-state index contributed by atoms with van der Waals surface area (Å²) in [5.74, 6) is 0.397. The molecule has 4 nitrogen and oxygen atoms in total. The van der Waals surface area contributed by atoms with Gasteiger partial charge in [0.1, 0.15) is 5.75 Å². The molecular formula is C13H14N2O2. The van der Waals surface area contributed by atoms with Gasteiger partial charge in [-0.1, -0.05) is 0 Å². The van der Waals surface area contributed by atoms with Gasteiger partial charge in [-0.3, -0.25) is 9.78 Å². The van der Waals surface area contributed by atoms with Crippen molar-refractivity contribution in [1.29, 1.82) is 0 Å². The van der Waals surface area contributed by atoms with E-state index in [4.69, 9.17) is 10.5 Å². The van der Waals surface area contributed by atoms with Crippen molar-refractivity contribution < 1.29 is 9.53 Å². The fourth-order valence-corrected chi connectivity index (χ4v) is 1.88. The Morgan fingerprint density at radius 3 is 2.82 bits per heavy atom. The highest BCUT2D eigenvalue weighted by atomic mass is 16.5. The van der Waals surface area contributed by atoms with Crippen molar-refractivity contribution in [2.75, 3.05) is 7.11 Å². The fourth-order valence-electron chi connectivity index (χ4n) is 1.88. The largest absolute Gasteiger partial charge is 0.497 e. The molecule has 1 aromatic heterocycles. The number of fused-ring (bicyclic) bond motifs is 1. The van der Waals surface area contributed by atoms with Crippen LogP contribution in [-0.4, -0.2) is 18.0 Å². The Morgan fingerprint density at radius 1 is 1.41 bits per heavy atom. The first-order chi connectivity index (χ1) is 8.10. The van der Waals surface area contributed by atoms with E-state index in [1.54, 1.807) is 7.11 Å². The maximum atomic E-state index is 11.0. The molecular weight excluding hydrogens is 216 g/mol. The van der Waals surface area contributed by atoms with E-state index in [2.05, 4.69) is 4.98 Å². The van der Waals surface area contributed by atoms with E-state index in [1.807, 2.05) is 31.2 Å². The second kappa shape index (κ2) is 4.41. The van der Waals surface area contributed by atoms with Crippen LogP contribution in [0.15, 0.2) is 24.3 Å². The molecule has 0 saturated carbocycles. The maximum absolute atomic E-state index is 11.0. The number of nitrogens with two attached hydrogens (primary N) is 1. The summed E-state index contributed by atoms with van der Waals surface area (Å²) in [6, 6.07) is 7.49. The lowest BCUT2D eigenvalue weighted by Gasteiger charge is -2.08. The Balaban J connectivity index is 2.65. The number of aromatic nitrogens is 1. The molecule has 88 valence electrons. The molecule has 17 heavy (non-hydrogen) atoms. The second-order valence-electron chi connectivity index (χ2n) is 3.95. The molecule has 2 rings (SSSR count). The molecule has 0 saturated heterocycles. The summed E-state index contributed by atoms with van der Waals surface area (Å²) in [5, 5.41) is 0.911. The number of hydrogen-bond donors (Lipinski definition) is 1. The summed E-state index contributed by atoms with van der Waals surface area (Å²) >= 11 is 0. The van der Waals surface area contributed by atoms with E-state index in [9.17, 15) is 4.79 Å². The van der Waals surface area contributed by atoms with Crippen LogP contribution in [0.4, 0.5) is 0 Å². The van der Waals surface area contributed by atoms with E-state index in [1.165, 1.54) is 0 Å². The first kappa shape index (κ1) is 11.4. The van der Waals surface area contributed by atoms with Crippen molar-refractivity contribution in [1.82, 2.24) is 4.98 Å². The molecule has 1 aromatic carbocycles. The van der Waals surface area contributed by atoms with E-state index in [0.717, 1.165) is 27.9 Å². The number of primary amides is 1. The van der Waals surface area contributed by atoms with Crippen LogP contribution in [0.1, 0.15) is 11.3 Å². The number of nitrogens with zero attached hydrogens (tertiary/aromatic N) is 1.